The molecule has 0 aromatic rings. The van der Waals surface area contributed by atoms with Gasteiger partial charge in [-0.3, -0.25) is 0 Å². The summed E-state index contributed by atoms with van der Waals surface area (Å²) in [5.74, 6) is 0.530. The second kappa shape index (κ2) is 6.88. The Bertz CT molecular complexity index is 121. The van der Waals surface area contributed by atoms with Crippen LogP contribution in [0.1, 0.15) is 41.0 Å². The predicted octanol–water partition coefficient (Wildman–Crippen LogP) is 2.41. The van der Waals surface area contributed by atoms with Crippen molar-refractivity contribution in [1.29, 1.82) is 0 Å². The maximum absolute atomic E-state index is 9.51. The molecule has 0 bridgehead atoms. The van der Waals surface area contributed by atoms with E-state index in [-0.39, 0.29) is 24.0 Å². The smallest absolute Gasteiger partial charge is 0.159 e. The molecule has 0 rings (SSSR count). The summed E-state index contributed by atoms with van der Waals surface area (Å²) in [5.41, 5.74) is -0.173. The topological polar surface area (TPSA) is 29.5 Å². The van der Waals surface area contributed by atoms with Gasteiger partial charge in [-0.25, -0.2) is 0 Å². The van der Waals surface area contributed by atoms with Gasteiger partial charge in [-0.15, -0.1) is 0 Å². The van der Waals surface area contributed by atoms with Crippen LogP contribution in [0.2, 0.25) is 0 Å². The van der Waals surface area contributed by atoms with Crippen molar-refractivity contribution in [3.8, 4) is 0 Å². The monoisotopic (exact) mass is 225 g/mol. The van der Waals surface area contributed by atoms with Crippen molar-refractivity contribution >= 4 is 0 Å². The zero-order chi connectivity index (χ0) is 9.78. The van der Waals surface area contributed by atoms with Gasteiger partial charge in [-0.2, -0.15) is 0 Å². The first-order valence-electron chi connectivity index (χ1n) is 4.67. The van der Waals surface area contributed by atoms with Gasteiger partial charge in [-0.05, 0) is 5.92 Å². The molecule has 0 aliphatic rings. The summed E-state index contributed by atoms with van der Waals surface area (Å²) in [7, 11) is 0. The third-order valence-corrected chi connectivity index (χ3v) is 1.98. The van der Waals surface area contributed by atoms with E-state index in [1.54, 1.807) is 0 Å². The van der Waals surface area contributed by atoms with E-state index in [1.165, 1.54) is 0 Å². The van der Waals surface area contributed by atoms with Crippen LogP contribution in [-0.2, 0) is 23.3 Å². The molecule has 1 radical (unpaired) electrons. The standard InChI is InChI=1S/C10H22O2.V/c1-6-8(2)7-12-9(11)10(3,4)5;/h8-9,11H,6-7H2,1-5H3;. The first kappa shape index (κ1) is 16.0. The molecule has 3 heteroatoms. The van der Waals surface area contributed by atoms with Gasteiger partial charge in [-0.1, -0.05) is 41.0 Å². The van der Waals surface area contributed by atoms with E-state index >= 15 is 0 Å². The van der Waals surface area contributed by atoms with Crippen molar-refractivity contribution in [2.24, 2.45) is 11.3 Å². The quantitative estimate of drug-likeness (QED) is 0.744. The predicted molar refractivity (Wildman–Crippen MR) is 50.9 cm³/mol. The number of hydrogen-bond acceptors (Lipinski definition) is 2. The molecule has 0 spiro atoms. The molecule has 0 heterocycles. The fourth-order valence-electron chi connectivity index (χ4n) is 0.623. The van der Waals surface area contributed by atoms with E-state index in [0.717, 1.165) is 6.42 Å². The molecule has 0 fully saturated rings. The Morgan fingerprint density at radius 3 is 2.08 bits per heavy atom. The molecule has 0 aromatic carbocycles. The summed E-state index contributed by atoms with van der Waals surface area (Å²) in [6, 6.07) is 0. The molecule has 0 aliphatic carbocycles. The number of hydrogen-bond donors (Lipinski definition) is 1. The largest absolute Gasteiger partial charge is 0.368 e. The molecule has 79 valence electrons. The van der Waals surface area contributed by atoms with Gasteiger partial charge in [0.25, 0.3) is 0 Å². The summed E-state index contributed by atoms with van der Waals surface area (Å²) < 4.78 is 5.31. The Hall–Kier alpha value is 0.504. The fraction of sp³-hybridized carbons (Fsp3) is 1.00. The van der Waals surface area contributed by atoms with Crippen LogP contribution in [-0.4, -0.2) is 18.0 Å². The molecule has 1 N–H and O–H groups in total. The van der Waals surface area contributed by atoms with Gasteiger partial charge < -0.3 is 9.84 Å². The molecular formula is C10H22O2V. The van der Waals surface area contributed by atoms with Gasteiger partial charge in [0.05, 0.1) is 6.61 Å². The van der Waals surface area contributed by atoms with E-state index in [2.05, 4.69) is 13.8 Å². The van der Waals surface area contributed by atoms with Crippen LogP contribution in [0.3, 0.4) is 0 Å². The van der Waals surface area contributed by atoms with Crippen molar-refractivity contribution < 1.29 is 28.4 Å². The van der Waals surface area contributed by atoms with Crippen molar-refractivity contribution in [1.82, 2.24) is 0 Å². The van der Waals surface area contributed by atoms with Crippen molar-refractivity contribution in [3.63, 3.8) is 0 Å². The molecular weight excluding hydrogens is 203 g/mol. The minimum absolute atomic E-state index is 0. The van der Waals surface area contributed by atoms with Gasteiger partial charge in [0.2, 0.25) is 0 Å². The van der Waals surface area contributed by atoms with Crippen LogP contribution >= 0.6 is 0 Å². The van der Waals surface area contributed by atoms with Gasteiger partial charge >= 0.3 is 0 Å². The molecule has 2 atom stereocenters. The normalized spacial score (nSPS) is 16.2. The van der Waals surface area contributed by atoms with Crippen molar-refractivity contribution in [2.45, 2.75) is 47.3 Å². The number of ether oxygens (including phenoxy) is 1. The van der Waals surface area contributed by atoms with Gasteiger partial charge in [0, 0.05) is 24.0 Å². The summed E-state index contributed by atoms with van der Waals surface area (Å²) in [6.07, 6.45) is 0.447. The van der Waals surface area contributed by atoms with Crippen LogP contribution in [0.15, 0.2) is 0 Å². The Kier molecular flexibility index (Phi) is 8.45. The van der Waals surface area contributed by atoms with Crippen LogP contribution in [0.4, 0.5) is 0 Å². The van der Waals surface area contributed by atoms with Crippen LogP contribution < -0.4 is 0 Å². The van der Waals surface area contributed by atoms with E-state index in [4.69, 9.17) is 4.74 Å². The minimum atomic E-state index is -0.647. The Morgan fingerprint density at radius 2 is 1.77 bits per heavy atom. The average molecular weight is 225 g/mol. The molecule has 0 saturated carbocycles. The van der Waals surface area contributed by atoms with Gasteiger partial charge in [0.15, 0.2) is 6.29 Å². The molecule has 2 unspecified atom stereocenters. The zero-order valence-electron chi connectivity index (χ0n) is 9.37. The molecule has 0 amide bonds. The van der Waals surface area contributed by atoms with E-state index in [9.17, 15) is 5.11 Å². The third kappa shape index (κ3) is 7.57. The van der Waals surface area contributed by atoms with E-state index in [1.807, 2.05) is 20.8 Å². The Balaban J connectivity index is 0. The first-order valence-corrected chi connectivity index (χ1v) is 4.67. The molecule has 0 saturated heterocycles. The molecule has 0 aliphatic heterocycles. The minimum Gasteiger partial charge on any atom is -0.368 e. The summed E-state index contributed by atoms with van der Waals surface area (Å²) in [4.78, 5) is 0. The number of rotatable bonds is 4. The van der Waals surface area contributed by atoms with E-state index in [0.29, 0.717) is 12.5 Å². The summed E-state index contributed by atoms with van der Waals surface area (Å²) >= 11 is 0. The SMILES string of the molecule is CCC(C)COC(O)C(C)(C)C.[V]. The maximum Gasteiger partial charge on any atom is 0.159 e. The van der Waals surface area contributed by atoms with Gasteiger partial charge in [0.1, 0.15) is 0 Å². The summed E-state index contributed by atoms with van der Waals surface area (Å²) in [5, 5.41) is 9.51. The van der Waals surface area contributed by atoms with Crippen molar-refractivity contribution in [2.75, 3.05) is 6.61 Å². The summed E-state index contributed by atoms with van der Waals surface area (Å²) in [6.45, 7) is 10.8. The molecule has 0 aromatic heterocycles. The van der Waals surface area contributed by atoms with Crippen molar-refractivity contribution in [3.05, 3.63) is 0 Å². The Labute approximate surface area is 93.9 Å². The molecule has 2 nitrogen and oxygen atoms in total. The van der Waals surface area contributed by atoms with Crippen LogP contribution in [0.25, 0.3) is 0 Å². The van der Waals surface area contributed by atoms with Crippen LogP contribution in [0, 0.1) is 11.3 Å². The second-order valence-corrected chi connectivity index (χ2v) is 4.57. The molecule has 13 heavy (non-hydrogen) atoms. The zero-order valence-corrected chi connectivity index (χ0v) is 10.8. The maximum atomic E-state index is 9.51. The second-order valence-electron chi connectivity index (χ2n) is 4.57. The number of aliphatic hydroxyl groups is 1. The number of aliphatic hydroxyl groups excluding tert-OH is 1. The third-order valence-electron chi connectivity index (χ3n) is 1.98. The van der Waals surface area contributed by atoms with Crippen LogP contribution in [0.5, 0.6) is 0 Å². The first-order chi connectivity index (χ1) is 5.38. The van der Waals surface area contributed by atoms with E-state index < -0.39 is 6.29 Å². The Morgan fingerprint density at radius 1 is 1.31 bits per heavy atom. The average Bonchev–Trinajstić information content (AvgIpc) is 1.97. The fourth-order valence-corrected chi connectivity index (χ4v) is 0.623.